The maximum absolute atomic E-state index is 12.2. The van der Waals surface area contributed by atoms with Crippen molar-refractivity contribution < 1.29 is 9.59 Å². The van der Waals surface area contributed by atoms with Gasteiger partial charge in [0.2, 0.25) is 11.8 Å². The number of hydrogen-bond acceptors (Lipinski definition) is 3. The Balaban J connectivity index is 1.84. The lowest BCUT2D eigenvalue weighted by atomic mass is 9.96. The lowest BCUT2D eigenvalue weighted by Gasteiger charge is -2.29. The number of hydrogen-bond donors (Lipinski definition) is 0. The molecule has 1 aromatic carbocycles. The zero-order valence-corrected chi connectivity index (χ0v) is 10.5. The Morgan fingerprint density at radius 2 is 1.89 bits per heavy atom. The highest BCUT2D eigenvalue weighted by atomic mass is 16.2. The number of carbonyl (C=O) groups is 2. The van der Waals surface area contributed by atoms with Crippen LogP contribution in [0, 0.1) is 23.2 Å². The van der Waals surface area contributed by atoms with Gasteiger partial charge in [-0.2, -0.15) is 5.26 Å². The second-order valence-corrected chi connectivity index (χ2v) is 5.28. The first-order valence-corrected chi connectivity index (χ1v) is 6.53. The van der Waals surface area contributed by atoms with Gasteiger partial charge in [0.05, 0.1) is 18.2 Å². The van der Waals surface area contributed by atoms with E-state index in [1.165, 1.54) is 4.90 Å². The zero-order chi connectivity index (χ0) is 13.4. The van der Waals surface area contributed by atoms with Crippen molar-refractivity contribution in [3.63, 3.8) is 0 Å². The number of benzene rings is 1. The van der Waals surface area contributed by atoms with Crippen molar-refractivity contribution in [2.24, 2.45) is 11.8 Å². The molecule has 0 spiro atoms. The summed E-state index contributed by atoms with van der Waals surface area (Å²) in [6, 6.07) is 9.14. The van der Waals surface area contributed by atoms with Gasteiger partial charge in [-0.05, 0) is 37.0 Å². The first-order valence-electron chi connectivity index (χ1n) is 6.53. The number of amides is 2. The number of rotatable bonds is 2. The summed E-state index contributed by atoms with van der Waals surface area (Å²) in [5, 5.41) is 8.87. The lowest BCUT2D eigenvalue weighted by molar-refractivity contribution is -0.153. The maximum Gasteiger partial charge on any atom is 0.232 e. The van der Waals surface area contributed by atoms with E-state index in [0.29, 0.717) is 12.1 Å². The first-order chi connectivity index (χ1) is 9.19. The highest BCUT2D eigenvalue weighted by Gasteiger charge is 2.44. The highest BCUT2D eigenvalue weighted by molar-refractivity contribution is 6.00. The van der Waals surface area contributed by atoms with E-state index in [1.807, 2.05) is 6.07 Å². The molecule has 1 saturated carbocycles. The fourth-order valence-electron chi connectivity index (χ4n) is 3.06. The van der Waals surface area contributed by atoms with Crippen LogP contribution in [0.15, 0.2) is 24.3 Å². The maximum atomic E-state index is 12.2. The van der Waals surface area contributed by atoms with Gasteiger partial charge in [0.15, 0.2) is 0 Å². The van der Waals surface area contributed by atoms with Crippen LogP contribution in [0.1, 0.15) is 30.4 Å². The minimum Gasteiger partial charge on any atom is -0.278 e. The van der Waals surface area contributed by atoms with Gasteiger partial charge in [0.25, 0.3) is 0 Å². The van der Waals surface area contributed by atoms with Crippen molar-refractivity contribution in [3.8, 4) is 6.07 Å². The van der Waals surface area contributed by atoms with Crippen molar-refractivity contribution in [3.05, 3.63) is 35.4 Å². The van der Waals surface area contributed by atoms with Gasteiger partial charge in [-0.15, -0.1) is 0 Å². The van der Waals surface area contributed by atoms with Crippen LogP contribution >= 0.6 is 0 Å². The Hall–Kier alpha value is -2.15. The minimum atomic E-state index is -0.0406. The highest BCUT2D eigenvalue weighted by Crippen LogP contribution is 2.38. The van der Waals surface area contributed by atoms with Crippen LogP contribution in [0.3, 0.4) is 0 Å². The van der Waals surface area contributed by atoms with Crippen LogP contribution in [0.25, 0.3) is 0 Å². The average molecular weight is 254 g/mol. The van der Waals surface area contributed by atoms with Crippen LogP contribution in [-0.4, -0.2) is 16.7 Å². The molecule has 0 radical (unpaired) electrons. The largest absolute Gasteiger partial charge is 0.278 e. The summed E-state index contributed by atoms with van der Waals surface area (Å²) in [6.45, 7) is 0.292. The first kappa shape index (κ1) is 11.9. The van der Waals surface area contributed by atoms with Crippen LogP contribution in [0.2, 0.25) is 0 Å². The van der Waals surface area contributed by atoms with Crippen LogP contribution in [0.4, 0.5) is 0 Å². The molecule has 2 aliphatic rings. The molecule has 1 aliphatic carbocycles. The molecule has 1 aromatic rings. The monoisotopic (exact) mass is 254 g/mol. The van der Waals surface area contributed by atoms with Gasteiger partial charge in [0.1, 0.15) is 0 Å². The molecule has 0 N–H and O–H groups in total. The molecule has 3 rings (SSSR count). The number of fused-ring (bicyclic) bond motifs is 2. The normalized spacial score (nSPS) is 25.5. The fourth-order valence-corrected chi connectivity index (χ4v) is 3.06. The van der Waals surface area contributed by atoms with E-state index in [4.69, 9.17) is 5.26 Å². The fraction of sp³-hybridized carbons (Fsp3) is 0.400. The topological polar surface area (TPSA) is 61.2 Å². The Bertz CT molecular complexity index is 566. The van der Waals surface area contributed by atoms with Crippen molar-refractivity contribution in [1.29, 1.82) is 5.26 Å². The van der Waals surface area contributed by atoms with Crippen LogP contribution in [0.5, 0.6) is 0 Å². The minimum absolute atomic E-state index is 0.0295. The van der Waals surface area contributed by atoms with Crippen molar-refractivity contribution in [2.75, 3.05) is 0 Å². The third-order valence-corrected chi connectivity index (χ3v) is 4.06. The molecule has 2 fully saturated rings. The molecule has 0 aromatic heterocycles. The molecular formula is C15H14N2O2. The quantitative estimate of drug-likeness (QED) is 0.756. The number of piperidine rings is 1. The molecule has 2 atom stereocenters. The number of nitrogens with zero attached hydrogens (tertiary/aromatic N) is 2. The van der Waals surface area contributed by atoms with E-state index in [1.54, 1.807) is 18.2 Å². The standard InChI is InChI=1S/C15H14N2O2/c16-8-10-2-1-3-11(6-10)9-17-14(18)12-4-5-13(7-12)15(17)19/h1-3,6,12-13H,4-5,7,9H2. The summed E-state index contributed by atoms with van der Waals surface area (Å²) in [6.07, 6.45) is 2.40. The molecule has 4 nitrogen and oxygen atoms in total. The van der Waals surface area contributed by atoms with Crippen molar-refractivity contribution >= 4 is 11.8 Å². The lowest BCUT2D eigenvalue weighted by Crippen LogP contribution is -2.45. The molecule has 2 unspecified atom stereocenters. The Morgan fingerprint density at radius 3 is 2.53 bits per heavy atom. The van der Waals surface area contributed by atoms with E-state index in [-0.39, 0.29) is 23.7 Å². The molecular weight excluding hydrogens is 240 g/mol. The molecule has 19 heavy (non-hydrogen) atoms. The number of nitriles is 1. The van der Waals surface area contributed by atoms with E-state index < -0.39 is 0 Å². The summed E-state index contributed by atoms with van der Waals surface area (Å²) in [7, 11) is 0. The van der Waals surface area contributed by atoms with Gasteiger partial charge in [-0.1, -0.05) is 12.1 Å². The van der Waals surface area contributed by atoms with Gasteiger partial charge in [-0.3, -0.25) is 14.5 Å². The predicted octanol–water partition coefficient (Wildman–Crippen LogP) is 1.84. The van der Waals surface area contributed by atoms with E-state index >= 15 is 0 Å². The summed E-state index contributed by atoms with van der Waals surface area (Å²) in [5.74, 6) is -0.0223. The van der Waals surface area contributed by atoms with Crippen molar-refractivity contribution in [2.45, 2.75) is 25.8 Å². The van der Waals surface area contributed by atoms with Gasteiger partial charge < -0.3 is 0 Å². The predicted molar refractivity (Wildman–Crippen MR) is 67.5 cm³/mol. The molecule has 1 saturated heterocycles. The summed E-state index contributed by atoms with van der Waals surface area (Å²) < 4.78 is 0. The van der Waals surface area contributed by atoms with Crippen molar-refractivity contribution in [1.82, 2.24) is 4.90 Å². The SMILES string of the molecule is N#Cc1cccc(CN2C(=O)C3CCC(C3)C2=O)c1. The van der Waals surface area contributed by atoms with Gasteiger partial charge in [-0.25, -0.2) is 0 Å². The molecule has 1 aliphatic heterocycles. The van der Waals surface area contributed by atoms with E-state index in [2.05, 4.69) is 6.07 Å². The Morgan fingerprint density at radius 1 is 1.21 bits per heavy atom. The Kier molecular flexibility index (Phi) is 2.83. The number of imide groups is 1. The second kappa shape index (κ2) is 4.51. The molecule has 2 bridgehead atoms. The third-order valence-electron chi connectivity index (χ3n) is 4.06. The third kappa shape index (κ3) is 2.01. The zero-order valence-electron chi connectivity index (χ0n) is 10.5. The van der Waals surface area contributed by atoms with Gasteiger partial charge >= 0.3 is 0 Å². The number of carbonyl (C=O) groups excluding carboxylic acids is 2. The average Bonchev–Trinajstić information content (AvgIpc) is 2.89. The molecule has 2 amide bonds. The van der Waals surface area contributed by atoms with Crippen LogP contribution < -0.4 is 0 Å². The van der Waals surface area contributed by atoms with E-state index in [0.717, 1.165) is 24.8 Å². The van der Waals surface area contributed by atoms with E-state index in [9.17, 15) is 9.59 Å². The smallest absolute Gasteiger partial charge is 0.232 e. The molecule has 96 valence electrons. The second-order valence-electron chi connectivity index (χ2n) is 5.28. The number of likely N-dealkylation sites (tertiary alicyclic amines) is 1. The Labute approximate surface area is 111 Å². The molecule has 1 heterocycles. The molecule has 4 heteroatoms. The summed E-state index contributed by atoms with van der Waals surface area (Å²) in [4.78, 5) is 25.8. The summed E-state index contributed by atoms with van der Waals surface area (Å²) in [5.41, 5.74) is 1.39. The van der Waals surface area contributed by atoms with Gasteiger partial charge in [0, 0.05) is 11.8 Å². The van der Waals surface area contributed by atoms with Crippen LogP contribution in [-0.2, 0) is 16.1 Å². The summed E-state index contributed by atoms with van der Waals surface area (Å²) >= 11 is 0.